The predicted molar refractivity (Wildman–Crippen MR) is 73.3 cm³/mol. The molecule has 0 radical (unpaired) electrons. The topological polar surface area (TPSA) is 41.3 Å². The Hall–Kier alpha value is -1.33. The standard InChI is InChI=1S/C13H14BrN3O/c14-12-7-11(2-1-10(12)9-18)17-6-5-16-4-3-15-13(16)8-17/h1-4,7,18H,5-6,8-9H2. The highest BCUT2D eigenvalue weighted by Gasteiger charge is 2.17. The van der Waals surface area contributed by atoms with Gasteiger partial charge in [0.25, 0.3) is 0 Å². The van der Waals surface area contributed by atoms with Gasteiger partial charge >= 0.3 is 0 Å². The minimum Gasteiger partial charge on any atom is -0.392 e. The van der Waals surface area contributed by atoms with Crippen LogP contribution in [-0.4, -0.2) is 21.2 Å². The monoisotopic (exact) mass is 307 g/mol. The molecule has 0 bridgehead atoms. The summed E-state index contributed by atoms with van der Waals surface area (Å²) in [5.74, 6) is 1.10. The Balaban J connectivity index is 1.86. The molecule has 0 saturated carbocycles. The molecule has 2 heterocycles. The largest absolute Gasteiger partial charge is 0.392 e. The third-order valence-electron chi connectivity index (χ3n) is 3.32. The van der Waals surface area contributed by atoms with Crippen LogP contribution in [0.25, 0.3) is 0 Å². The third kappa shape index (κ3) is 2.04. The van der Waals surface area contributed by atoms with Crippen molar-refractivity contribution in [2.45, 2.75) is 19.7 Å². The number of hydrogen-bond acceptors (Lipinski definition) is 3. The number of fused-ring (bicyclic) bond motifs is 1. The Morgan fingerprint density at radius 3 is 3.00 bits per heavy atom. The summed E-state index contributed by atoms with van der Waals surface area (Å²) in [6.45, 7) is 2.84. The second-order valence-corrected chi connectivity index (χ2v) is 5.25. The van der Waals surface area contributed by atoms with Gasteiger partial charge in [0.15, 0.2) is 0 Å². The van der Waals surface area contributed by atoms with E-state index in [-0.39, 0.29) is 6.61 Å². The highest BCUT2D eigenvalue weighted by atomic mass is 79.9. The molecule has 0 atom stereocenters. The average molecular weight is 308 g/mol. The molecule has 4 nitrogen and oxygen atoms in total. The molecule has 1 aliphatic rings. The van der Waals surface area contributed by atoms with Crippen LogP contribution in [0.2, 0.25) is 0 Å². The van der Waals surface area contributed by atoms with Crippen molar-refractivity contribution < 1.29 is 5.11 Å². The number of aromatic nitrogens is 2. The number of imidazole rings is 1. The van der Waals surface area contributed by atoms with Crippen LogP contribution in [0.1, 0.15) is 11.4 Å². The maximum absolute atomic E-state index is 9.17. The molecule has 2 aromatic rings. The Bertz CT molecular complexity index is 567. The zero-order valence-electron chi connectivity index (χ0n) is 9.88. The van der Waals surface area contributed by atoms with Crippen LogP contribution in [0.15, 0.2) is 35.1 Å². The van der Waals surface area contributed by atoms with E-state index >= 15 is 0 Å². The molecule has 1 N–H and O–H groups in total. The van der Waals surface area contributed by atoms with Crippen molar-refractivity contribution in [3.8, 4) is 0 Å². The van der Waals surface area contributed by atoms with Gasteiger partial charge in [0, 0.05) is 35.6 Å². The van der Waals surface area contributed by atoms with Crippen LogP contribution >= 0.6 is 15.9 Å². The lowest BCUT2D eigenvalue weighted by atomic mass is 10.2. The SMILES string of the molecule is OCc1ccc(N2CCn3ccnc3C2)cc1Br. The van der Waals surface area contributed by atoms with Crippen molar-refractivity contribution in [3.05, 3.63) is 46.5 Å². The van der Waals surface area contributed by atoms with Gasteiger partial charge in [-0.2, -0.15) is 0 Å². The zero-order valence-corrected chi connectivity index (χ0v) is 11.5. The molecule has 0 unspecified atom stereocenters. The first-order chi connectivity index (χ1) is 8.78. The van der Waals surface area contributed by atoms with Gasteiger partial charge < -0.3 is 14.6 Å². The van der Waals surface area contributed by atoms with E-state index in [1.807, 2.05) is 18.5 Å². The van der Waals surface area contributed by atoms with E-state index in [1.165, 1.54) is 0 Å². The van der Waals surface area contributed by atoms with E-state index in [0.29, 0.717) is 0 Å². The Morgan fingerprint density at radius 1 is 1.33 bits per heavy atom. The quantitative estimate of drug-likeness (QED) is 0.924. The van der Waals surface area contributed by atoms with E-state index in [2.05, 4.69) is 42.5 Å². The summed E-state index contributed by atoms with van der Waals surface area (Å²) in [6, 6.07) is 6.07. The van der Waals surface area contributed by atoms with E-state index in [9.17, 15) is 0 Å². The van der Waals surface area contributed by atoms with E-state index in [4.69, 9.17) is 5.11 Å². The summed E-state index contributed by atoms with van der Waals surface area (Å²) in [4.78, 5) is 6.66. The molecule has 3 rings (SSSR count). The molecule has 1 aromatic carbocycles. The number of hydrogen-bond donors (Lipinski definition) is 1. The van der Waals surface area contributed by atoms with E-state index < -0.39 is 0 Å². The highest BCUT2D eigenvalue weighted by molar-refractivity contribution is 9.10. The van der Waals surface area contributed by atoms with Crippen molar-refractivity contribution in [2.24, 2.45) is 0 Å². The van der Waals surface area contributed by atoms with Crippen molar-refractivity contribution in [2.75, 3.05) is 11.4 Å². The molecule has 0 fully saturated rings. The fourth-order valence-electron chi connectivity index (χ4n) is 2.26. The normalized spacial score (nSPS) is 14.7. The molecule has 0 saturated heterocycles. The van der Waals surface area contributed by atoms with Gasteiger partial charge in [0.05, 0.1) is 13.2 Å². The smallest absolute Gasteiger partial charge is 0.128 e. The zero-order chi connectivity index (χ0) is 12.5. The Kier molecular flexibility index (Phi) is 3.09. The summed E-state index contributed by atoms with van der Waals surface area (Å²) >= 11 is 3.49. The van der Waals surface area contributed by atoms with E-state index in [0.717, 1.165) is 41.2 Å². The predicted octanol–water partition coefficient (Wildman–Crippen LogP) is 2.16. The van der Waals surface area contributed by atoms with Gasteiger partial charge in [-0.1, -0.05) is 22.0 Å². The first-order valence-corrected chi connectivity index (χ1v) is 6.71. The van der Waals surface area contributed by atoms with Gasteiger partial charge in [0.2, 0.25) is 0 Å². The number of nitrogens with zero attached hydrogens (tertiary/aromatic N) is 3. The van der Waals surface area contributed by atoms with Crippen LogP contribution in [0.5, 0.6) is 0 Å². The fourth-order valence-corrected chi connectivity index (χ4v) is 2.75. The second kappa shape index (κ2) is 4.74. The first-order valence-electron chi connectivity index (χ1n) is 5.92. The maximum Gasteiger partial charge on any atom is 0.128 e. The lowest BCUT2D eigenvalue weighted by Gasteiger charge is -2.29. The minimum atomic E-state index is 0.0608. The van der Waals surface area contributed by atoms with Crippen molar-refractivity contribution in [1.82, 2.24) is 9.55 Å². The molecule has 94 valence electrons. The Labute approximate surface area is 114 Å². The summed E-state index contributed by atoms with van der Waals surface area (Å²) in [5.41, 5.74) is 2.07. The molecular weight excluding hydrogens is 294 g/mol. The highest BCUT2D eigenvalue weighted by Crippen LogP contribution is 2.26. The van der Waals surface area contributed by atoms with E-state index in [1.54, 1.807) is 0 Å². The second-order valence-electron chi connectivity index (χ2n) is 4.39. The molecule has 1 aliphatic heterocycles. The maximum atomic E-state index is 9.17. The molecule has 1 aromatic heterocycles. The van der Waals surface area contributed by atoms with Gasteiger partial charge in [0.1, 0.15) is 5.82 Å². The lowest BCUT2D eigenvalue weighted by Crippen LogP contribution is -2.33. The van der Waals surface area contributed by atoms with Crippen LogP contribution in [0.3, 0.4) is 0 Å². The molecule has 18 heavy (non-hydrogen) atoms. The van der Waals surface area contributed by atoms with Crippen LogP contribution in [0.4, 0.5) is 5.69 Å². The first kappa shape index (κ1) is 11.7. The van der Waals surface area contributed by atoms with Gasteiger partial charge in [-0.3, -0.25) is 0 Å². The minimum absolute atomic E-state index is 0.0608. The lowest BCUT2D eigenvalue weighted by molar-refractivity contribution is 0.281. The Morgan fingerprint density at radius 2 is 2.22 bits per heavy atom. The number of aliphatic hydroxyl groups is 1. The summed E-state index contributed by atoms with van der Waals surface area (Å²) in [6.07, 6.45) is 3.88. The molecular formula is C13H14BrN3O. The van der Waals surface area contributed by atoms with Crippen molar-refractivity contribution in [3.63, 3.8) is 0 Å². The number of aliphatic hydroxyl groups excluding tert-OH is 1. The average Bonchev–Trinajstić information content (AvgIpc) is 2.85. The number of halogens is 1. The molecule has 0 spiro atoms. The van der Waals surface area contributed by atoms with Gasteiger partial charge in [-0.25, -0.2) is 4.98 Å². The summed E-state index contributed by atoms with van der Waals surface area (Å²) in [5, 5.41) is 9.17. The number of rotatable bonds is 2. The summed E-state index contributed by atoms with van der Waals surface area (Å²) in [7, 11) is 0. The van der Waals surface area contributed by atoms with Gasteiger partial charge in [-0.15, -0.1) is 0 Å². The third-order valence-corrected chi connectivity index (χ3v) is 4.06. The fraction of sp³-hybridized carbons (Fsp3) is 0.308. The van der Waals surface area contributed by atoms with Crippen LogP contribution in [0, 0.1) is 0 Å². The molecule has 0 aliphatic carbocycles. The number of benzene rings is 1. The molecule has 5 heteroatoms. The number of anilines is 1. The van der Waals surface area contributed by atoms with Crippen LogP contribution < -0.4 is 4.90 Å². The van der Waals surface area contributed by atoms with Crippen molar-refractivity contribution in [1.29, 1.82) is 0 Å². The van der Waals surface area contributed by atoms with Crippen molar-refractivity contribution >= 4 is 21.6 Å². The van der Waals surface area contributed by atoms with Gasteiger partial charge in [-0.05, 0) is 17.7 Å². The molecule has 0 amide bonds. The van der Waals surface area contributed by atoms with Crippen LogP contribution in [-0.2, 0) is 19.7 Å². The summed E-state index contributed by atoms with van der Waals surface area (Å²) < 4.78 is 3.14.